The minimum Gasteiger partial charge on any atom is -0.350 e. The highest BCUT2D eigenvalue weighted by Gasteiger charge is 2.22. The van der Waals surface area contributed by atoms with Crippen LogP contribution in [0, 0.1) is 0 Å². The Morgan fingerprint density at radius 2 is 1.96 bits per heavy atom. The molecule has 2 heterocycles. The number of H-pyrrole nitrogens is 1. The van der Waals surface area contributed by atoms with E-state index in [1.165, 1.54) is 11.6 Å². The molecule has 2 N–H and O–H groups in total. The van der Waals surface area contributed by atoms with E-state index in [1.54, 1.807) is 6.20 Å². The minimum atomic E-state index is -0.334. The zero-order valence-corrected chi connectivity index (χ0v) is 15.6. The fraction of sp³-hybridized carbons (Fsp3) is 0.143. The van der Waals surface area contributed by atoms with Crippen molar-refractivity contribution < 1.29 is 4.79 Å². The van der Waals surface area contributed by atoms with Crippen LogP contribution < -0.4 is 10.9 Å². The van der Waals surface area contributed by atoms with Crippen molar-refractivity contribution >= 4 is 28.1 Å². The van der Waals surface area contributed by atoms with Gasteiger partial charge in [-0.2, -0.15) is 10.2 Å². The number of fused-ring (bicyclic) bond motifs is 1. The number of rotatable bonds is 5. The second-order valence-corrected chi connectivity index (χ2v) is 6.43. The van der Waals surface area contributed by atoms with E-state index in [0.717, 1.165) is 16.5 Å². The summed E-state index contributed by atoms with van der Waals surface area (Å²) in [6.45, 7) is 3.69. The number of hydrogen-bond donors (Lipinski definition) is 2. The summed E-state index contributed by atoms with van der Waals surface area (Å²) in [5.74, 6) is -0.224. The normalized spacial score (nSPS) is 10.9. The highest BCUT2D eigenvalue weighted by molar-refractivity contribution is 6.05. The van der Waals surface area contributed by atoms with Gasteiger partial charge in [0.25, 0.3) is 5.56 Å². The minimum absolute atomic E-state index is 0.224. The smallest absolute Gasteiger partial charge is 0.291 e. The molecule has 0 radical (unpaired) electrons. The van der Waals surface area contributed by atoms with Gasteiger partial charge in [-0.05, 0) is 32.0 Å². The number of hydrogen-bond acceptors (Lipinski definition) is 5. The maximum absolute atomic E-state index is 13.0. The maximum Gasteiger partial charge on any atom is 0.291 e. The Bertz CT molecular complexity index is 1220. The Labute approximate surface area is 161 Å². The monoisotopic (exact) mass is 373 g/mol. The predicted molar refractivity (Wildman–Crippen MR) is 109 cm³/mol. The van der Waals surface area contributed by atoms with Gasteiger partial charge in [0.15, 0.2) is 5.78 Å². The number of aromatic amines is 1. The SMILES string of the molecule is CCn1nc(-c2ccccc2)c(C(C)=O)c(Nc2ccc3n[nH]cc3c2)c1=O. The van der Waals surface area contributed by atoms with E-state index in [2.05, 4.69) is 20.6 Å². The topological polar surface area (TPSA) is 92.7 Å². The fourth-order valence-corrected chi connectivity index (χ4v) is 3.21. The molecule has 7 nitrogen and oxygen atoms in total. The number of anilines is 2. The summed E-state index contributed by atoms with van der Waals surface area (Å²) in [5, 5.41) is 15.5. The van der Waals surface area contributed by atoms with E-state index in [9.17, 15) is 9.59 Å². The Kier molecular flexibility index (Phi) is 4.49. The average Bonchev–Trinajstić information content (AvgIpc) is 3.17. The first-order valence-electron chi connectivity index (χ1n) is 9.00. The van der Waals surface area contributed by atoms with Gasteiger partial charge in [-0.15, -0.1) is 0 Å². The van der Waals surface area contributed by atoms with Gasteiger partial charge in [0.2, 0.25) is 0 Å². The van der Waals surface area contributed by atoms with Crippen LogP contribution in [0.5, 0.6) is 0 Å². The zero-order valence-electron chi connectivity index (χ0n) is 15.6. The van der Waals surface area contributed by atoms with Gasteiger partial charge in [-0.3, -0.25) is 14.7 Å². The molecule has 2 aromatic heterocycles. The number of nitrogens with zero attached hydrogens (tertiary/aromatic N) is 3. The lowest BCUT2D eigenvalue weighted by Crippen LogP contribution is -2.28. The van der Waals surface area contributed by atoms with E-state index >= 15 is 0 Å². The van der Waals surface area contributed by atoms with Crippen molar-refractivity contribution in [2.45, 2.75) is 20.4 Å². The van der Waals surface area contributed by atoms with Crippen LogP contribution in [0.25, 0.3) is 22.2 Å². The molecule has 140 valence electrons. The van der Waals surface area contributed by atoms with Crippen molar-refractivity contribution in [1.29, 1.82) is 0 Å². The Morgan fingerprint density at radius 3 is 2.68 bits per heavy atom. The average molecular weight is 373 g/mol. The summed E-state index contributed by atoms with van der Waals surface area (Å²) < 4.78 is 1.37. The van der Waals surface area contributed by atoms with Gasteiger partial charge in [0.05, 0.1) is 11.1 Å². The van der Waals surface area contributed by atoms with Crippen LogP contribution in [0.4, 0.5) is 11.4 Å². The molecule has 0 saturated carbocycles. The number of benzene rings is 2. The first-order valence-corrected chi connectivity index (χ1v) is 9.00. The predicted octanol–water partition coefficient (Wildman–Crippen LogP) is 3.75. The number of nitrogens with one attached hydrogen (secondary N) is 2. The summed E-state index contributed by atoms with van der Waals surface area (Å²) in [5.41, 5.74) is 2.97. The van der Waals surface area contributed by atoms with Gasteiger partial charge in [0, 0.05) is 29.4 Å². The second kappa shape index (κ2) is 7.11. The molecule has 0 spiro atoms. The Balaban J connectivity index is 1.93. The fourth-order valence-electron chi connectivity index (χ4n) is 3.21. The van der Waals surface area contributed by atoms with Crippen molar-refractivity contribution in [3.63, 3.8) is 0 Å². The van der Waals surface area contributed by atoms with Crippen LogP contribution in [0.3, 0.4) is 0 Å². The molecule has 0 amide bonds. The molecule has 4 rings (SSSR count). The number of aromatic nitrogens is 4. The molecule has 0 fully saturated rings. The molecule has 0 unspecified atom stereocenters. The zero-order chi connectivity index (χ0) is 19.7. The molecule has 0 aliphatic heterocycles. The maximum atomic E-state index is 13.0. The summed E-state index contributed by atoms with van der Waals surface area (Å²) in [6, 6.07) is 14.9. The van der Waals surface area contributed by atoms with Gasteiger partial charge in [-0.1, -0.05) is 30.3 Å². The van der Waals surface area contributed by atoms with E-state index in [-0.39, 0.29) is 22.6 Å². The Hall–Kier alpha value is -3.74. The lowest BCUT2D eigenvalue weighted by Gasteiger charge is -2.16. The van der Waals surface area contributed by atoms with E-state index < -0.39 is 0 Å². The van der Waals surface area contributed by atoms with Gasteiger partial charge < -0.3 is 5.32 Å². The van der Waals surface area contributed by atoms with Crippen molar-refractivity contribution in [3.05, 3.63) is 70.6 Å². The number of carbonyl (C=O) groups is 1. The summed E-state index contributed by atoms with van der Waals surface area (Å²) in [7, 11) is 0. The lowest BCUT2D eigenvalue weighted by molar-refractivity contribution is 0.101. The molecule has 0 bridgehead atoms. The molecule has 4 aromatic rings. The standard InChI is InChI=1S/C21H19N5O2/c1-3-26-21(28)20(23-16-9-10-17-15(11-16)12-22-24-17)18(13(2)27)19(25-26)14-7-5-4-6-8-14/h4-12,23H,3H2,1-2H3,(H,22,24). The van der Waals surface area contributed by atoms with Crippen LogP contribution in [0.2, 0.25) is 0 Å². The summed E-state index contributed by atoms with van der Waals surface area (Å²) in [6.07, 6.45) is 1.78. The van der Waals surface area contributed by atoms with Crippen LogP contribution >= 0.6 is 0 Å². The van der Waals surface area contributed by atoms with Crippen LogP contribution in [0.15, 0.2) is 59.5 Å². The Morgan fingerprint density at radius 1 is 1.18 bits per heavy atom. The number of aryl methyl sites for hydroxylation is 1. The number of carbonyl (C=O) groups excluding carboxylic acids is 1. The summed E-state index contributed by atoms with van der Waals surface area (Å²) in [4.78, 5) is 25.5. The highest BCUT2D eigenvalue weighted by atomic mass is 16.1. The molecule has 2 aromatic carbocycles. The largest absolute Gasteiger partial charge is 0.350 e. The van der Waals surface area contributed by atoms with Crippen molar-refractivity contribution in [1.82, 2.24) is 20.0 Å². The molecular weight excluding hydrogens is 354 g/mol. The van der Waals surface area contributed by atoms with Gasteiger partial charge >= 0.3 is 0 Å². The molecule has 28 heavy (non-hydrogen) atoms. The highest BCUT2D eigenvalue weighted by Crippen LogP contribution is 2.28. The molecule has 0 atom stereocenters. The first kappa shape index (κ1) is 17.7. The molecule has 0 saturated heterocycles. The van der Waals surface area contributed by atoms with Crippen molar-refractivity contribution in [2.24, 2.45) is 0 Å². The number of ketones is 1. The van der Waals surface area contributed by atoms with Crippen LogP contribution in [0.1, 0.15) is 24.2 Å². The van der Waals surface area contributed by atoms with E-state index in [4.69, 9.17) is 0 Å². The van der Waals surface area contributed by atoms with Crippen LogP contribution in [-0.4, -0.2) is 25.8 Å². The van der Waals surface area contributed by atoms with Crippen molar-refractivity contribution in [3.8, 4) is 11.3 Å². The molecular formula is C21H19N5O2. The number of Topliss-reactive ketones (excluding diaryl/α,β-unsaturated/α-hetero) is 1. The first-order chi connectivity index (χ1) is 13.6. The van der Waals surface area contributed by atoms with E-state index in [0.29, 0.717) is 17.9 Å². The van der Waals surface area contributed by atoms with Gasteiger partial charge in [-0.25, -0.2) is 4.68 Å². The second-order valence-electron chi connectivity index (χ2n) is 6.43. The van der Waals surface area contributed by atoms with Crippen molar-refractivity contribution in [2.75, 3.05) is 5.32 Å². The third-order valence-electron chi connectivity index (χ3n) is 4.56. The van der Waals surface area contributed by atoms with Crippen LogP contribution in [-0.2, 0) is 6.54 Å². The molecule has 0 aliphatic carbocycles. The summed E-state index contributed by atoms with van der Waals surface area (Å²) >= 11 is 0. The molecule has 7 heteroatoms. The molecule has 0 aliphatic rings. The van der Waals surface area contributed by atoms with E-state index in [1.807, 2.05) is 55.5 Å². The quantitative estimate of drug-likeness (QED) is 0.520. The third-order valence-corrected chi connectivity index (χ3v) is 4.56. The van der Waals surface area contributed by atoms with Gasteiger partial charge in [0.1, 0.15) is 11.4 Å². The third kappa shape index (κ3) is 3.07. The lowest BCUT2D eigenvalue weighted by atomic mass is 10.0.